The molecule has 2 amide bonds. The van der Waals surface area contributed by atoms with E-state index in [4.69, 9.17) is 16.3 Å². The van der Waals surface area contributed by atoms with Gasteiger partial charge in [0.25, 0.3) is 0 Å². The molecule has 2 N–H and O–H groups in total. The highest BCUT2D eigenvalue weighted by Gasteiger charge is 2.12. The van der Waals surface area contributed by atoms with Crippen LogP contribution in [0, 0.1) is 0 Å². The summed E-state index contributed by atoms with van der Waals surface area (Å²) < 4.78 is 6.25. The molecule has 3 rings (SSSR count). The number of anilines is 2. The first-order valence-corrected chi connectivity index (χ1v) is 11.4. The number of aromatic nitrogens is 1. The van der Waals surface area contributed by atoms with E-state index in [-0.39, 0.29) is 24.0 Å². The zero-order valence-corrected chi connectivity index (χ0v) is 18.6. The Hall–Kier alpha value is -2.55. The Morgan fingerprint density at radius 1 is 1.10 bits per heavy atom. The molecule has 2 aromatic carbocycles. The van der Waals surface area contributed by atoms with Crippen molar-refractivity contribution < 1.29 is 14.3 Å². The number of carbonyl (C=O) groups excluding carboxylic acids is 2. The van der Waals surface area contributed by atoms with Gasteiger partial charge in [0.2, 0.25) is 11.8 Å². The van der Waals surface area contributed by atoms with E-state index in [2.05, 4.69) is 15.6 Å². The summed E-state index contributed by atoms with van der Waals surface area (Å²) in [6.07, 6.45) is 0.147. The molecule has 0 bridgehead atoms. The molecule has 30 heavy (non-hydrogen) atoms. The minimum absolute atomic E-state index is 0.135. The standard InChI is InChI=1S/C21H20ClN3O3S2/c1-2-28-18-6-4-3-5-17(18)25-19(26)11-16-12-29-21(24-16)30-13-20(27)23-15-9-7-14(22)8-10-15/h3-10,12H,2,11,13H2,1H3,(H,23,27)(H,25,26). The predicted molar refractivity (Wildman–Crippen MR) is 123 cm³/mol. The second-order valence-electron chi connectivity index (χ2n) is 6.10. The van der Waals surface area contributed by atoms with Crippen LogP contribution in [0.25, 0.3) is 0 Å². The van der Waals surface area contributed by atoms with Crippen molar-refractivity contribution in [1.29, 1.82) is 0 Å². The first-order valence-electron chi connectivity index (χ1n) is 9.18. The molecule has 1 heterocycles. The lowest BCUT2D eigenvalue weighted by Gasteiger charge is -2.10. The molecule has 0 unspecified atom stereocenters. The molecule has 0 saturated heterocycles. The zero-order valence-electron chi connectivity index (χ0n) is 16.2. The van der Waals surface area contributed by atoms with Crippen LogP contribution in [-0.4, -0.2) is 29.2 Å². The fraction of sp³-hybridized carbons (Fsp3) is 0.190. The van der Waals surface area contributed by atoms with Crippen LogP contribution in [0.2, 0.25) is 5.02 Å². The van der Waals surface area contributed by atoms with Gasteiger partial charge in [0.15, 0.2) is 4.34 Å². The average molecular weight is 462 g/mol. The fourth-order valence-electron chi connectivity index (χ4n) is 2.50. The van der Waals surface area contributed by atoms with Crippen LogP contribution in [0.15, 0.2) is 58.3 Å². The Bertz CT molecular complexity index is 1010. The molecule has 0 spiro atoms. The highest BCUT2D eigenvalue weighted by molar-refractivity contribution is 8.01. The summed E-state index contributed by atoms with van der Waals surface area (Å²) >= 11 is 8.57. The lowest BCUT2D eigenvalue weighted by molar-refractivity contribution is -0.116. The number of rotatable bonds is 9. The summed E-state index contributed by atoms with van der Waals surface area (Å²) in [6.45, 7) is 2.41. The summed E-state index contributed by atoms with van der Waals surface area (Å²) in [5.74, 6) is 0.548. The molecule has 0 aliphatic carbocycles. The SMILES string of the molecule is CCOc1ccccc1NC(=O)Cc1csc(SCC(=O)Nc2ccc(Cl)cc2)n1. The van der Waals surface area contributed by atoms with Gasteiger partial charge in [0.1, 0.15) is 5.75 Å². The van der Waals surface area contributed by atoms with Crippen molar-refractivity contribution in [3.63, 3.8) is 0 Å². The molecule has 0 aliphatic heterocycles. The zero-order chi connectivity index (χ0) is 21.3. The summed E-state index contributed by atoms with van der Waals surface area (Å²) in [6, 6.07) is 14.2. The fourth-order valence-corrected chi connectivity index (χ4v) is 4.27. The van der Waals surface area contributed by atoms with Crippen molar-refractivity contribution in [3.05, 3.63) is 64.6 Å². The number of para-hydroxylation sites is 2. The van der Waals surface area contributed by atoms with Gasteiger partial charge in [-0.15, -0.1) is 11.3 Å². The average Bonchev–Trinajstić information content (AvgIpc) is 3.17. The van der Waals surface area contributed by atoms with E-state index >= 15 is 0 Å². The smallest absolute Gasteiger partial charge is 0.234 e. The van der Waals surface area contributed by atoms with E-state index in [1.165, 1.54) is 23.1 Å². The molecule has 0 atom stereocenters. The first-order chi connectivity index (χ1) is 14.5. The number of nitrogens with one attached hydrogen (secondary N) is 2. The van der Waals surface area contributed by atoms with Gasteiger partial charge < -0.3 is 15.4 Å². The Morgan fingerprint density at radius 2 is 1.87 bits per heavy atom. The van der Waals surface area contributed by atoms with Crippen molar-refractivity contribution in [1.82, 2.24) is 4.98 Å². The van der Waals surface area contributed by atoms with Crippen molar-refractivity contribution >= 4 is 57.9 Å². The molecule has 9 heteroatoms. The number of halogens is 1. The van der Waals surface area contributed by atoms with E-state index < -0.39 is 0 Å². The number of thioether (sulfide) groups is 1. The molecular weight excluding hydrogens is 442 g/mol. The number of amides is 2. The van der Waals surface area contributed by atoms with Crippen LogP contribution < -0.4 is 15.4 Å². The largest absolute Gasteiger partial charge is 0.492 e. The van der Waals surface area contributed by atoms with Gasteiger partial charge in [-0.1, -0.05) is 35.5 Å². The third-order valence-corrected chi connectivity index (χ3v) is 6.11. The van der Waals surface area contributed by atoms with Gasteiger partial charge in [-0.3, -0.25) is 9.59 Å². The second kappa shape index (κ2) is 11.0. The third-order valence-electron chi connectivity index (χ3n) is 3.79. The van der Waals surface area contributed by atoms with Gasteiger partial charge in [-0.25, -0.2) is 4.98 Å². The second-order valence-corrected chi connectivity index (χ2v) is 8.62. The molecule has 6 nitrogen and oxygen atoms in total. The van der Waals surface area contributed by atoms with Crippen LogP contribution >= 0.6 is 34.7 Å². The number of nitrogens with zero attached hydrogens (tertiary/aromatic N) is 1. The van der Waals surface area contributed by atoms with Gasteiger partial charge >= 0.3 is 0 Å². The maximum absolute atomic E-state index is 12.4. The molecule has 0 aliphatic rings. The summed E-state index contributed by atoms with van der Waals surface area (Å²) in [7, 11) is 0. The minimum atomic E-state index is -0.176. The molecule has 0 fully saturated rings. The minimum Gasteiger partial charge on any atom is -0.492 e. The molecule has 0 saturated carbocycles. The predicted octanol–water partition coefficient (Wildman–Crippen LogP) is 5.11. The topological polar surface area (TPSA) is 80.3 Å². The van der Waals surface area contributed by atoms with Gasteiger partial charge in [-0.2, -0.15) is 0 Å². The maximum atomic E-state index is 12.4. The van der Waals surface area contributed by atoms with E-state index in [1.807, 2.05) is 30.5 Å². The van der Waals surface area contributed by atoms with Crippen molar-refractivity contribution in [2.45, 2.75) is 17.7 Å². The van der Waals surface area contributed by atoms with Crippen molar-refractivity contribution in [3.8, 4) is 5.75 Å². The van der Waals surface area contributed by atoms with E-state index in [1.54, 1.807) is 30.3 Å². The highest BCUT2D eigenvalue weighted by Crippen LogP contribution is 2.25. The maximum Gasteiger partial charge on any atom is 0.234 e. The Morgan fingerprint density at radius 3 is 2.63 bits per heavy atom. The quantitative estimate of drug-likeness (QED) is 0.433. The monoisotopic (exact) mass is 461 g/mol. The third kappa shape index (κ3) is 6.76. The van der Waals surface area contributed by atoms with E-state index in [0.717, 1.165) is 4.34 Å². The van der Waals surface area contributed by atoms with Gasteiger partial charge in [0, 0.05) is 16.1 Å². The number of carbonyl (C=O) groups is 2. The molecule has 3 aromatic rings. The normalized spacial score (nSPS) is 10.5. The number of hydrogen-bond acceptors (Lipinski definition) is 6. The lowest BCUT2D eigenvalue weighted by Crippen LogP contribution is -2.15. The summed E-state index contributed by atoms with van der Waals surface area (Å²) in [5.41, 5.74) is 1.98. The van der Waals surface area contributed by atoms with Gasteiger partial charge in [0.05, 0.1) is 30.2 Å². The van der Waals surface area contributed by atoms with E-state index in [0.29, 0.717) is 34.4 Å². The Balaban J connectivity index is 1.48. The Labute approximate surface area is 188 Å². The number of thiazole rings is 1. The Kier molecular flexibility index (Phi) is 8.12. The molecule has 156 valence electrons. The number of ether oxygens (including phenoxy) is 1. The van der Waals surface area contributed by atoms with Crippen molar-refractivity contribution in [2.24, 2.45) is 0 Å². The molecular formula is C21H20ClN3O3S2. The van der Waals surface area contributed by atoms with Crippen molar-refractivity contribution in [2.75, 3.05) is 23.0 Å². The summed E-state index contributed by atoms with van der Waals surface area (Å²) in [4.78, 5) is 28.9. The molecule has 0 radical (unpaired) electrons. The molecule has 1 aromatic heterocycles. The lowest BCUT2D eigenvalue weighted by atomic mass is 10.2. The van der Waals surface area contributed by atoms with Crippen LogP contribution in [0.3, 0.4) is 0 Å². The number of benzene rings is 2. The first kappa shape index (κ1) is 22.1. The van der Waals surface area contributed by atoms with E-state index in [9.17, 15) is 9.59 Å². The van der Waals surface area contributed by atoms with Crippen LogP contribution in [-0.2, 0) is 16.0 Å². The number of hydrogen-bond donors (Lipinski definition) is 2. The van der Waals surface area contributed by atoms with Gasteiger partial charge in [-0.05, 0) is 43.3 Å². The van der Waals surface area contributed by atoms with Crippen LogP contribution in [0.4, 0.5) is 11.4 Å². The van der Waals surface area contributed by atoms with Crippen LogP contribution in [0.5, 0.6) is 5.75 Å². The summed E-state index contributed by atoms with van der Waals surface area (Å²) in [5, 5.41) is 8.10. The highest BCUT2D eigenvalue weighted by atomic mass is 35.5. The van der Waals surface area contributed by atoms with Crippen LogP contribution in [0.1, 0.15) is 12.6 Å².